The van der Waals surface area contributed by atoms with Crippen LogP contribution in [0.1, 0.15) is 6.92 Å². The number of aliphatic hydroxyl groups is 6. The van der Waals surface area contributed by atoms with Crippen LogP contribution in [0.3, 0.4) is 0 Å². The quantitative estimate of drug-likeness (QED) is 0.159. The molecule has 0 spiro atoms. The van der Waals surface area contributed by atoms with Crippen LogP contribution in [0, 0.1) is 0 Å². The predicted molar refractivity (Wildman–Crippen MR) is 139 cm³/mol. The second-order valence-electron chi connectivity index (χ2n) is 10.1. The highest BCUT2D eigenvalue weighted by atomic mass is 16.7. The number of aliphatic hydroxyl groups excluding tert-OH is 6. The zero-order valence-electron chi connectivity index (χ0n) is 21.9. The minimum atomic E-state index is -1.92. The van der Waals surface area contributed by atoms with Crippen LogP contribution >= 0.6 is 0 Å². The predicted octanol–water partition coefficient (Wildman–Crippen LogP) is -1.39. The highest BCUT2D eigenvalue weighted by molar-refractivity contribution is 5.88. The van der Waals surface area contributed by atoms with Gasteiger partial charge in [0.15, 0.2) is 12.1 Å². The average molecular weight is 595 g/mol. The third kappa shape index (κ3) is 5.49. The third-order valence-electron chi connectivity index (χ3n) is 7.18. The molecule has 2 fully saturated rings. The second kappa shape index (κ2) is 11.6. The van der Waals surface area contributed by atoms with Crippen molar-refractivity contribution in [2.24, 2.45) is 0 Å². The first-order valence-corrected chi connectivity index (χ1v) is 12.9. The minimum absolute atomic E-state index is 0.103. The summed E-state index contributed by atoms with van der Waals surface area (Å²) in [6, 6.07) is 7.33. The van der Waals surface area contributed by atoms with Crippen LogP contribution in [0.5, 0.6) is 23.0 Å². The Morgan fingerprint density at radius 1 is 0.762 bits per heavy atom. The van der Waals surface area contributed by atoms with Crippen molar-refractivity contribution in [2.75, 3.05) is 6.61 Å². The topological polar surface area (TPSA) is 249 Å². The molecule has 10 atom stereocenters. The highest BCUT2D eigenvalue weighted by Gasteiger charge is 2.47. The van der Waals surface area contributed by atoms with E-state index in [1.807, 2.05) is 0 Å². The van der Waals surface area contributed by atoms with Gasteiger partial charge >= 0.3 is 0 Å². The average Bonchev–Trinajstić information content (AvgIpc) is 2.95. The Morgan fingerprint density at radius 3 is 2.10 bits per heavy atom. The molecule has 0 saturated carbocycles. The first-order chi connectivity index (χ1) is 19.9. The fourth-order valence-electron chi connectivity index (χ4n) is 4.79. The van der Waals surface area contributed by atoms with Gasteiger partial charge < -0.3 is 69.3 Å². The Hall–Kier alpha value is -3.51. The van der Waals surface area contributed by atoms with Crippen LogP contribution in [-0.4, -0.2) is 114 Å². The lowest BCUT2D eigenvalue weighted by Gasteiger charge is -2.42. The molecule has 15 heteroatoms. The molecule has 15 nitrogen and oxygen atoms in total. The molecule has 1 aromatic heterocycles. The van der Waals surface area contributed by atoms with Gasteiger partial charge in [0.1, 0.15) is 70.9 Å². The van der Waals surface area contributed by atoms with E-state index in [0.29, 0.717) is 0 Å². The van der Waals surface area contributed by atoms with Gasteiger partial charge in [-0.25, -0.2) is 0 Å². The molecular weight excluding hydrogens is 564 g/mol. The largest absolute Gasteiger partial charge is 0.508 e. The van der Waals surface area contributed by atoms with Gasteiger partial charge in [-0.2, -0.15) is 0 Å². The molecule has 0 aliphatic carbocycles. The molecular formula is C27H30O15. The van der Waals surface area contributed by atoms with Crippen molar-refractivity contribution in [1.82, 2.24) is 0 Å². The maximum atomic E-state index is 13.5. The van der Waals surface area contributed by atoms with Crippen LogP contribution in [-0.2, 0) is 14.2 Å². The molecule has 2 aliphatic heterocycles. The Balaban J connectivity index is 1.46. The minimum Gasteiger partial charge on any atom is -0.508 e. The van der Waals surface area contributed by atoms with Crippen molar-refractivity contribution >= 4 is 11.0 Å². The number of benzene rings is 2. The number of hydrogen-bond donors (Lipinski definition) is 9. The molecule has 5 rings (SSSR count). The molecule has 2 saturated heterocycles. The van der Waals surface area contributed by atoms with Crippen molar-refractivity contribution in [3.05, 3.63) is 46.6 Å². The molecule has 3 aromatic rings. The fourth-order valence-corrected chi connectivity index (χ4v) is 4.79. The smallest absolute Gasteiger partial charge is 0.239 e. The molecule has 9 N–H and O–H groups in total. The monoisotopic (exact) mass is 594 g/mol. The molecule has 2 aromatic carbocycles. The molecule has 3 heterocycles. The van der Waals surface area contributed by atoms with E-state index in [1.54, 1.807) is 0 Å². The van der Waals surface area contributed by atoms with Gasteiger partial charge in [-0.05, 0) is 31.2 Å². The molecule has 228 valence electrons. The van der Waals surface area contributed by atoms with E-state index in [-0.39, 0.29) is 28.0 Å². The first-order valence-electron chi connectivity index (χ1n) is 12.9. The molecule has 0 bridgehead atoms. The molecule has 42 heavy (non-hydrogen) atoms. The van der Waals surface area contributed by atoms with Gasteiger partial charge in [0, 0.05) is 17.7 Å². The Kier molecular flexibility index (Phi) is 8.30. The number of aromatic hydroxyl groups is 3. The van der Waals surface area contributed by atoms with Gasteiger partial charge in [-0.3, -0.25) is 4.79 Å². The van der Waals surface area contributed by atoms with Crippen LogP contribution < -0.4 is 10.2 Å². The van der Waals surface area contributed by atoms with Gasteiger partial charge in [-0.1, -0.05) is 0 Å². The highest BCUT2D eigenvalue weighted by Crippen LogP contribution is 2.37. The Bertz CT molecular complexity index is 1470. The van der Waals surface area contributed by atoms with Crippen LogP contribution in [0.2, 0.25) is 0 Å². The lowest BCUT2D eigenvalue weighted by molar-refractivity contribution is -0.318. The molecule has 2 aliphatic rings. The summed E-state index contributed by atoms with van der Waals surface area (Å²) in [4.78, 5) is 13.5. The fraction of sp³-hybridized carbons (Fsp3) is 0.444. The number of ether oxygens (including phenoxy) is 4. The van der Waals surface area contributed by atoms with E-state index in [1.165, 1.54) is 31.2 Å². The maximum absolute atomic E-state index is 13.5. The lowest BCUT2D eigenvalue weighted by Crippen LogP contribution is -2.61. The number of fused-ring (bicyclic) bond motifs is 1. The molecule has 0 radical (unpaired) electrons. The summed E-state index contributed by atoms with van der Waals surface area (Å²) in [5.74, 6) is -1.97. The van der Waals surface area contributed by atoms with Crippen molar-refractivity contribution in [3.63, 3.8) is 0 Å². The first kappa shape index (κ1) is 30.0. The summed E-state index contributed by atoms with van der Waals surface area (Å²) in [5.41, 5.74) is -0.956. The standard InChI is InChI=1S/C27H30O15/c1-9-17(31)20(34)22(36)26(39-9)38-8-15-18(32)21(35)23(37)27(41-15)42-25-19(33)16-13(30)6-12(29)7-14(16)40-24(25)10-2-4-11(28)5-3-10/h2-7,9,15,17-18,20-23,26-32,34-37H,8H2,1H3/t9-,15+,17-,18+,20+,21-,22+,23+,26+,27+/m0/s1. The zero-order chi connectivity index (χ0) is 30.5. The Morgan fingerprint density at radius 2 is 1.40 bits per heavy atom. The SMILES string of the molecule is C[C@@H]1O[C@@H](OC[C@H]2O[C@H](Oc3c(-c4ccc(O)cc4)oc4cc(O)cc(O)c4c3=O)[C@H](O)[C@@H](O)[C@@H]2O)[C@H](O)[C@H](O)[C@H]1O. The number of hydrogen-bond acceptors (Lipinski definition) is 15. The number of phenolic OH excluding ortho intramolecular Hbond substituents is 3. The van der Waals surface area contributed by atoms with Crippen molar-refractivity contribution in [3.8, 4) is 34.3 Å². The van der Waals surface area contributed by atoms with Crippen LogP contribution in [0.25, 0.3) is 22.3 Å². The van der Waals surface area contributed by atoms with E-state index < -0.39 is 90.7 Å². The van der Waals surface area contributed by atoms with Crippen LogP contribution in [0.4, 0.5) is 0 Å². The van der Waals surface area contributed by atoms with Gasteiger partial charge in [0.05, 0.1) is 12.7 Å². The second-order valence-corrected chi connectivity index (χ2v) is 10.1. The normalized spacial score (nSPS) is 33.5. The molecule has 0 amide bonds. The summed E-state index contributed by atoms with van der Waals surface area (Å²) in [7, 11) is 0. The number of phenols is 3. The lowest BCUT2D eigenvalue weighted by atomic mass is 9.98. The summed E-state index contributed by atoms with van der Waals surface area (Å²) in [6.07, 6.45) is -15.8. The zero-order valence-corrected chi connectivity index (χ0v) is 21.9. The summed E-state index contributed by atoms with van der Waals surface area (Å²) >= 11 is 0. The maximum Gasteiger partial charge on any atom is 0.239 e. The Labute approximate surface area is 236 Å². The van der Waals surface area contributed by atoms with Crippen molar-refractivity contribution in [1.29, 1.82) is 0 Å². The van der Waals surface area contributed by atoms with Crippen LogP contribution in [0.15, 0.2) is 45.6 Å². The summed E-state index contributed by atoms with van der Waals surface area (Å²) in [5, 5.41) is 91.4. The van der Waals surface area contributed by atoms with E-state index in [0.717, 1.165) is 12.1 Å². The van der Waals surface area contributed by atoms with E-state index in [9.17, 15) is 50.8 Å². The summed E-state index contributed by atoms with van der Waals surface area (Å²) in [6.45, 7) is 0.866. The third-order valence-corrected chi connectivity index (χ3v) is 7.18. The van der Waals surface area contributed by atoms with Crippen molar-refractivity contribution in [2.45, 2.75) is 68.3 Å². The van der Waals surface area contributed by atoms with Gasteiger partial charge in [0.2, 0.25) is 17.5 Å². The van der Waals surface area contributed by atoms with E-state index >= 15 is 0 Å². The van der Waals surface area contributed by atoms with E-state index in [2.05, 4.69) is 0 Å². The molecule has 0 unspecified atom stereocenters. The van der Waals surface area contributed by atoms with Gasteiger partial charge in [0.25, 0.3) is 0 Å². The summed E-state index contributed by atoms with van der Waals surface area (Å²) < 4.78 is 28.0. The van der Waals surface area contributed by atoms with Gasteiger partial charge in [-0.15, -0.1) is 0 Å². The number of rotatable bonds is 6. The van der Waals surface area contributed by atoms with E-state index in [4.69, 9.17) is 23.4 Å². The van der Waals surface area contributed by atoms with Crippen molar-refractivity contribution < 1.29 is 69.3 Å².